The Labute approximate surface area is 92.4 Å². The minimum Gasteiger partial charge on any atom is -0.327 e. The molecular weight excluding hydrogens is 278 g/mol. The molecule has 0 fully saturated rings. The number of hydrogen-bond donors (Lipinski definition) is 1. The lowest BCUT2D eigenvalue weighted by Gasteiger charge is -2.12. The Morgan fingerprint density at radius 2 is 1.93 bits per heavy atom. The SMILES string of the molecule is NCC(F)c1cc(C(F)(F)F)ccc1Br. The van der Waals surface area contributed by atoms with Crippen LogP contribution in [0.4, 0.5) is 17.6 Å². The van der Waals surface area contributed by atoms with Gasteiger partial charge >= 0.3 is 6.18 Å². The molecule has 1 unspecified atom stereocenters. The van der Waals surface area contributed by atoms with Crippen molar-refractivity contribution in [3.63, 3.8) is 0 Å². The van der Waals surface area contributed by atoms with Gasteiger partial charge in [-0.2, -0.15) is 13.2 Å². The summed E-state index contributed by atoms with van der Waals surface area (Å²) < 4.78 is 50.4. The quantitative estimate of drug-likeness (QED) is 0.828. The van der Waals surface area contributed by atoms with Crippen LogP contribution in [0.5, 0.6) is 0 Å². The summed E-state index contributed by atoms with van der Waals surface area (Å²) in [5, 5.41) is 0. The van der Waals surface area contributed by atoms with E-state index in [1.165, 1.54) is 6.07 Å². The molecule has 0 aromatic heterocycles. The van der Waals surface area contributed by atoms with Gasteiger partial charge < -0.3 is 5.73 Å². The lowest BCUT2D eigenvalue weighted by atomic mass is 10.1. The zero-order valence-corrected chi connectivity index (χ0v) is 9.07. The van der Waals surface area contributed by atoms with Crippen molar-refractivity contribution in [3.8, 4) is 0 Å². The second-order valence-electron chi connectivity index (χ2n) is 2.94. The molecule has 1 aromatic rings. The van der Waals surface area contributed by atoms with Crippen LogP contribution in [0.2, 0.25) is 0 Å². The first-order valence-corrected chi connectivity index (χ1v) is 4.86. The summed E-state index contributed by atoms with van der Waals surface area (Å²) in [4.78, 5) is 0. The standard InChI is InChI=1S/C9H8BrF4N/c10-7-2-1-5(9(12,13)14)3-6(7)8(11)4-15/h1-3,8H,4,15H2. The van der Waals surface area contributed by atoms with E-state index in [-0.39, 0.29) is 16.6 Å². The predicted molar refractivity (Wildman–Crippen MR) is 52.0 cm³/mol. The summed E-state index contributed by atoms with van der Waals surface area (Å²) in [5.74, 6) is 0. The molecule has 84 valence electrons. The Morgan fingerprint density at radius 3 is 2.40 bits per heavy atom. The molecule has 0 aliphatic carbocycles. The highest BCUT2D eigenvalue weighted by molar-refractivity contribution is 9.10. The molecular formula is C9H8BrF4N. The van der Waals surface area contributed by atoms with Gasteiger partial charge in [0.05, 0.1) is 5.56 Å². The van der Waals surface area contributed by atoms with Crippen LogP contribution < -0.4 is 5.73 Å². The van der Waals surface area contributed by atoms with Crippen LogP contribution in [0, 0.1) is 0 Å². The third-order valence-electron chi connectivity index (χ3n) is 1.87. The maximum Gasteiger partial charge on any atom is 0.416 e. The molecule has 0 saturated carbocycles. The van der Waals surface area contributed by atoms with E-state index in [1.807, 2.05) is 0 Å². The van der Waals surface area contributed by atoms with Crippen molar-refractivity contribution in [1.82, 2.24) is 0 Å². The number of rotatable bonds is 2. The minimum absolute atomic E-state index is 0.0766. The van der Waals surface area contributed by atoms with Crippen molar-refractivity contribution in [2.24, 2.45) is 5.73 Å². The lowest BCUT2D eigenvalue weighted by Crippen LogP contribution is -2.11. The summed E-state index contributed by atoms with van der Waals surface area (Å²) in [6, 6.07) is 2.82. The highest BCUT2D eigenvalue weighted by Crippen LogP contribution is 2.34. The summed E-state index contributed by atoms with van der Waals surface area (Å²) in [6.45, 7) is -0.347. The van der Waals surface area contributed by atoms with E-state index in [4.69, 9.17) is 5.73 Å². The fourth-order valence-corrected chi connectivity index (χ4v) is 1.58. The van der Waals surface area contributed by atoms with Gasteiger partial charge in [0.1, 0.15) is 6.17 Å². The van der Waals surface area contributed by atoms with Gasteiger partial charge in [-0.05, 0) is 18.2 Å². The number of benzene rings is 1. The molecule has 0 radical (unpaired) electrons. The Hall–Kier alpha value is -0.620. The van der Waals surface area contributed by atoms with E-state index in [1.54, 1.807) is 0 Å². The van der Waals surface area contributed by atoms with Crippen LogP contribution >= 0.6 is 15.9 Å². The first-order valence-electron chi connectivity index (χ1n) is 4.07. The molecule has 0 saturated heterocycles. The molecule has 6 heteroatoms. The molecule has 2 N–H and O–H groups in total. The number of hydrogen-bond acceptors (Lipinski definition) is 1. The van der Waals surface area contributed by atoms with Crippen LogP contribution in [0.25, 0.3) is 0 Å². The van der Waals surface area contributed by atoms with Crippen molar-refractivity contribution in [2.75, 3.05) is 6.54 Å². The first-order chi connectivity index (χ1) is 6.86. The van der Waals surface area contributed by atoms with Crippen LogP contribution in [0.15, 0.2) is 22.7 Å². The van der Waals surface area contributed by atoms with E-state index in [0.29, 0.717) is 0 Å². The van der Waals surface area contributed by atoms with Gasteiger partial charge in [0.15, 0.2) is 0 Å². The summed E-state index contributed by atoms with van der Waals surface area (Å²) >= 11 is 2.98. The molecule has 0 aliphatic rings. The fraction of sp³-hybridized carbons (Fsp3) is 0.333. The third-order valence-corrected chi connectivity index (χ3v) is 2.59. The van der Waals surface area contributed by atoms with Gasteiger partial charge in [-0.25, -0.2) is 4.39 Å². The van der Waals surface area contributed by atoms with E-state index in [9.17, 15) is 17.6 Å². The largest absolute Gasteiger partial charge is 0.416 e. The Morgan fingerprint density at radius 1 is 1.33 bits per heavy atom. The monoisotopic (exact) mass is 285 g/mol. The van der Waals surface area contributed by atoms with E-state index < -0.39 is 17.9 Å². The van der Waals surface area contributed by atoms with Gasteiger partial charge in [-0.15, -0.1) is 0 Å². The topological polar surface area (TPSA) is 26.0 Å². The van der Waals surface area contributed by atoms with Gasteiger partial charge in [0, 0.05) is 16.6 Å². The minimum atomic E-state index is -4.47. The molecule has 0 aliphatic heterocycles. The summed E-state index contributed by atoms with van der Waals surface area (Å²) in [5.41, 5.74) is 4.10. The van der Waals surface area contributed by atoms with E-state index in [2.05, 4.69) is 15.9 Å². The maximum absolute atomic E-state index is 13.2. The molecule has 1 rings (SSSR count). The Bertz CT molecular complexity index is 350. The number of nitrogens with two attached hydrogens (primary N) is 1. The molecule has 0 spiro atoms. The fourth-order valence-electron chi connectivity index (χ4n) is 1.09. The van der Waals surface area contributed by atoms with Crippen molar-refractivity contribution in [3.05, 3.63) is 33.8 Å². The second-order valence-corrected chi connectivity index (χ2v) is 3.79. The molecule has 0 amide bonds. The van der Waals surface area contributed by atoms with Crippen LogP contribution in [-0.4, -0.2) is 6.54 Å². The van der Waals surface area contributed by atoms with Gasteiger partial charge in [0.25, 0.3) is 0 Å². The van der Waals surface area contributed by atoms with Crippen LogP contribution in [-0.2, 0) is 6.18 Å². The highest BCUT2D eigenvalue weighted by atomic mass is 79.9. The van der Waals surface area contributed by atoms with Crippen LogP contribution in [0.3, 0.4) is 0 Å². The van der Waals surface area contributed by atoms with Crippen molar-refractivity contribution in [1.29, 1.82) is 0 Å². The Kier molecular flexibility index (Phi) is 3.72. The summed E-state index contributed by atoms with van der Waals surface area (Å²) in [7, 11) is 0. The van der Waals surface area contributed by atoms with Crippen LogP contribution in [0.1, 0.15) is 17.3 Å². The highest BCUT2D eigenvalue weighted by Gasteiger charge is 2.31. The average Bonchev–Trinajstić information content (AvgIpc) is 2.15. The van der Waals surface area contributed by atoms with Crippen molar-refractivity contribution < 1.29 is 17.6 Å². The normalized spacial score (nSPS) is 14.0. The van der Waals surface area contributed by atoms with Crippen molar-refractivity contribution >= 4 is 15.9 Å². The van der Waals surface area contributed by atoms with Crippen molar-refractivity contribution in [2.45, 2.75) is 12.3 Å². The molecule has 1 atom stereocenters. The average molecular weight is 286 g/mol. The number of alkyl halides is 4. The molecule has 1 aromatic carbocycles. The smallest absolute Gasteiger partial charge is 0.327 e. The predicted octanol–water partition coefficient (Wildman–Crippen LogP) is 3.44. The molecule has 0 heterocycles. The third kappa shape index (κ3) is 2.92. The zero-order valence-electron chi connectivity index (χ0n) is 7.48. The molecule has 0 bridgehead atoms. The van der Waals surface area contributed by atoms with E-state index >= 15 is 0 Å². The van der Waals surface area contributed by atoms with Gasteiger partial charge in [-0.3, -0.25) is 0 Å². The van der Waals surface area contributed by atoms with E-state index in [0.717, 1.165) is 12.1 Å². The second kappa shape index (κ2) is 4.49. The van der Waals surface area contributed by atoms with Gasteiger partial charge in [0.2, 0.25) is 0 Å². The summed E-state index contributed by atoms with van der Waals surface area (Å²) in [6.07, 6.45) is -6.06. The zero-order chi connectivity index (χ0) is 11.6. The molecule has 15 heavy (non-hydrogen) atoms. The van der Waals surface area contributed by atoms with Gasteiger partial charge in [-0.1, -0.05) is 15.9 Å². The first kappa shape index (κ1) is 12.4. The lowest BCUT2D eigenvalue weighted by molar-refractivity contribution is -0.137. The maximum atomic E-state index is 13.2. The molecule has 1 nitrogen and oxygen atoms in total. The Balaban J connectivity index is 3.17. The number of halogens is 5.